The molecule has 0 aliphatic carbocycles. The van der Waals surface area contributed by atoms with Gasteiger partial charge in [0.25, 0.3) is 0 Å². The van der Waals surface area contributed by atoms with Crippen molar-refractivity contribution in [3.63, 3.8) is 0 Å². The molecule has 1 aromatic heterocycles. The Bertz CT molecular complexity index is 394. The van der Waals surface area contributed by atoms with Crippen molar-refractivity contribution in [3.05, 3.63) is 28.1 Å². The number of hydrogen-bond acceptors (Lipinski definition) is 2. The van der Waals surface area contributed by atoms with Crippen LogP contribution in [0.1, 0.15) is 0 Å². The normalized spacial score (nSPS) is 10.6. The van der Waals surface area contributed by atoms with Gasteiger partial charge in [0.1, 0.15) is 5.75 Å². The standard InChI is InChI=1S/C8H5BrOS/c9-5-4-11-7-3-1-2-6(10)8(5)7/h1-4,10H. The summed E-state index contributed by atoms with van der Waals surface area (Å²) < 4.78 is 2.08. The van der Waals surface area contributed by atoms with E-state index in [1.165, 1.54) is 0 Å². The van der Waals surface area contributed by atoms with Gasteiger partial charge in [0, 0.05) is 19.9 Å². The number of hydrogen-bond donors (Lipinski definition) is 1. The summed E-state index contributed by atoms with van der Waals surface area (Å²) in [5, 5.41) is 12.3. The molecule has 0 saturated carbocycles. The minimum atomic E-state index is 0.343. The fraction of sp³-hybridized carbons (Fsp3) is 0. The molecule has 1 nitrogen and oxygen atoms in total. The van der Waals surface area contributed by atoms with Gasteiger partial charge in [-0.2, -0.15) is 0 Å². The van der Waals surface area contributed by atoms with Crippen LogP contribution >= 0.6 is 27.3 Å². The Hall–Kier alpha value is -0.540. The molecule has 0 saturated heterocycles. The average molecular weight is 229 g/mol. The zero-order valence-electron chi connectivity index (χ0n) is 5.54. The number of aromatic hydroxyl groups is 1. The number of fused-ring (bicyclic) bond motifs is 1. The number of phenolic OH excluding ortho intramolecular Hbond substituents is 1. The van der Waals surface area contributed by atoms with Crippen LogP contribution in [0, 0.1) is 0 Å². The highest BCUT2D eigenvalue weighted by Gasteiger charge is 2.04. The minimum Gasteiger partial charge on any atom is -0.507 e. The summed E-state index contributed by atoms with van der Waals surface area (Å²) in [5.41, 5.74) is 0. The molecular formula is C8H5BrOS. The zero-order valence-corrected chi connectivity index (χ0v) is 7.95. The molecule has 0 bridgehead atoms. The van der Waals surface area contributed by atoms with E-state index < -0.39 is 0 Å². The van der Waals surface area contributed by atoms with Crippen molar-refractivity contribution < 1.29 is 5.11 Å². The second-order valence-corrected chi connectivity index (χ2v) is 4.00. The number of halogens is 1. The van der Waals surface area contributed by atoms with Crippen LogP contribution in [0.5, 0.6) is 5.75 Å². The van der Waals surface area contributed by atoms with Gasteiger partial charge in [0.15, 0.2) is 0 Å². The Kier molecular flexibility index (Phi) is 1.62. The molecule has 2 aromatic rings. The van der Waals surface area contributed by atoms with Crippen LogP contribution in [0.25, 0.3) is 10.1 Å². The quantitative estimate of drug-likeness (QED) is 0.734. The van der Waals surface area contributed by atoms with E-state index in [1.807, 2.05) is 17.5 Å². The van der Waals surface area contributed by atoms with Crippen molar-refractivity contribution in [2.75, 3.05) is 0 Å². The Balaban J connectivity index is 2.96. The fourth-order valence-electron chi connectivity index (χ4n) is 1.03. The smallest absolute Gasteiger partial charge is 0.125 e. The molecule has 0 fully saturated rings. The Morgan fingerprint density at radius 1 is 1.36 bits per heavy atom. The first kappa shape index (κ1) is 7.13. The summed E-state index contributed by atoms with van der Waals surface area (Å²) in [7, 11) is 0. The highest BCUT2D eigenvalue weighted by molar-refractivity contribution is 9.10. The third kappa shape index (κ3) is 1.04. The number of phenols is 1. The summed E-state index contributed by atoms with van der Waals surface area (Å²) in [6.45, 7) is 0. The van der Waals surface area contributed by atoms with Crippen molar-refractivity contribution in [1.29, 1.82) is 0 Å². The Morgan fingerprint density at radius 3 is 2.91 bits per heavy atom. The van der Waals surface area contributed by atoms with Gasteiger partial charge in [-0.3, -0.25) is 0 Å². The number of rotatable bonds is 0. The van der Waals surface area contributed by atoms with Crippen molar-refractivity contribution in [2.45, 2.75) is 0 Å². The molecule has 0 aliphatic heterocycles. The summed E-state index contributed by atoms with van der Waals surface area (Å²) in [5.74, 6) is 0.343. The van der Waals surface area contributed by atoms with E-state index >= 15 is 0 Å². The summed E-state index contributed by atoms with van der Waals surface area (Å²) in [4.78, 5) is 0. The highest BCUT2D eigenvalue weighted by Crippen LogP contribution is 2.35. The molecule has 56 valence electrons. The third-order valence-corrected chi connectivity index (χ3v) is 3.41. The first-order chi connectivity index (χ1) is 5.29. The number of thiophene rings is 1. The summed E-state index contributed by atoms with van der Waals surface area (Å²) in [6.07, 6.45) is 0. The van der Waals surface area contributed by atoms with Crippen molar-refractivity contribution in [2.24, 2.45) is 0 Å². The van der Waals surface area contributed by atoms with Gasteiger partial charge in [0.2, 0.25) is 0 Å². The molecule has 1 heterocycles. The van der Waals surface area contributed by atoms with Crippen LogP contribution in [-0.4, -0.2) is 5.11 Å². The zero-order chi connectivity index (χ0) is 7.84. The molecule has 0 aliphatic rings. The van der Waals surface area contributed by atoms with E-state index in [2.05, 4.69) is 15.9 Å². The monoisotopic (exact) mass is 228 g/mol. The Morgan fingerprint density at radius 2 is 2.18 bits per heavy atom. The first-order valence-electron chi connectivity index (χ1n) is 3.14. The van der Waals surface area contributed by atoms with Gasteiger partial charge in [-0.05, 0) is 28.1 Å². The van der Waals surface area contributed by atoms with Crippen molar-refractivity contribution in [1.82, 2.24) is 0 Å². The lowest BCUT2D eigenvalue weighted by atomic mass is 10.2. The lowest BCUT2D eigenvalue weighted by Gasteiger charge is -1.93. The second-order valence-electron chi connectivity index (χ2n) is 2.23. The first-order valence-corrected chi connectivity index (χ1v) is 4.81. The molecule has 0 unspecified atom stereocenters. The van der Waals surface area contributed by atoms with Crippen LogP contribution in [0.2, 0.25) is 0 Å². The summed E-state index contributed by atoms with van der Waals surface area (Å²) >= 11 is 4.99. The lowest BCUT2D eigenvalue weighted by Crippen LogP contribution is -1.65. The second kappa shape index (κ2) is 2.50. The van der Waals surface area contributed by atoms with Crippen LogP contribution in [-0.2, 0) is 0 Å². The van der Waals surface area contributed by atoms with Crippen LogP contribution in [0.4, 0.5) is 0 Å². The van der Waals surface area contributed by atoms with E-state index in [0.29, 0.717) is 5.75 Å². The van der Waals surface area contributed by atoms with Crippen molar-refractivity contribution in [3.8, 4) is 5.75 Å². The fourth-order valence-corrected chi connectivity index (χ4v) is 2.70. The molecule has 3 heteroatoms. The SMILES string of the molecule is Oc1cccc2scc(Br)c12. The van der Waals surface area contributed by atoms with E-state index in [0.717, 1.165) is 14.6 Å². The molecule has 0 radical (unpaired) electrons. The molecule has 0 spiro atoms. The van der Waals surface area contributed by atoms with E-state index in [-0.39, 0.29) is 0 Å². The predicted molar refractivity (Wildman–Crippen MR) is 51.2 cm³/mol. The van der Waals surface area contributed by atoms with Gasteiger partial charge < -0.3 is 5.11 Å². The molecular weight excluding hydrogens is 224 g/mol. The van der Waals surface area contributed by atoms with Gasteiger partial charge in [-0.1, -0.05) is 6.07 Å². The van der Waals surface area contributed by atoms with Gasteiger partial charge in [0.05, 0.1) is 0 Å². The largest absolute Gasteiger partial charge is 0.507 e. The van der Waals surface area contributed by atoms with E-state index in [4.69, 9.17) is 0 Å². The van der Waals surface area contributed by atoms with Crippen LogP contribution in [0.15, 0.2) is 28.1 Å². The molecule has 1 aromatic carbocycles. The topological polar surface area (TPSA) is 20.2 Å². The maximum Gasteiger partial charge on any atom is 0.125 e. The minimum absolute atomic E-state index is 0.343. The van der Waals surface area contributed by atoms with Gasteiger partial charge in [-0.25, -0.2) is 0 Å². The predicted octanol–water partition coefficient (Wildman–Crippen LogP) is 3.37. The van der Waals surface area contributed by atoms with E-state index in [1.54, 1.807) is 17.4 Å². The average Bonchev–Trinajstić information content (AvgIpc) is 2.34. The maximum absolute atomic E-state index is 9.42. The van der Waals surface area contributed by atoms with E-state index in [9.17, 15) is 5.11 Å². The Labute approximate surface area is 76.4 Å². The third-order valence-electron chi connectivity index (χ3n) is 1.53. The lowest BCUT2D eigenvalue weighted by molar-refractivity contribution is 0.481. The molecule has 0 amide bonds. The molecule has 2 rings (SSSR count). The summed E-state index contributed by atoms with van der Waals surface area (Å²) in [6, 6.07) is 5.53. The molecule has 1 N–H and O–H groups in total. The van der Waals surface area contributed by atoms with Crippen LogP contribution in [0.3, 0.4) is 0 Å². The molecule has 0 atom stereocenters. The van der Waals surface area contributed by atoms with Gasteiger partial charge >= 0.3 is 0 Å². The number of benzene rings is 1. The van der Waals surface area contributed by atoms with Gasteiger partial charge in [-0.15, -0.1) is 11.3 Å². The highest BCUT2D eigenvalue weighted by atomic mass is 79.9. The van der Waals surface area contributed by atoms with Crippen LogP contribution < -0.4 is 0 Å². The van der Waals surface area contributed by atoms with Crippen molar-refractivity contribution >= 4 is 37.4 Å². The molecule has 11 heavy (non-hydrogen) atoms. The maximum atomic E-state index is 9.42.